The molecule has 2 aromatic rings. The van der Waals surface area contributed by atoms with Crippen molar-refractivity contribution in [1.29, 1.82) is 0 Å². The number of methoxy groups -OCH3 is 1. The number of benzene rings is 2. The van der Waals surface area contributed by atoms with Crippen LogP contribution in [0.1, 0.15) is 22.8 Å². The smallest absolute Gasteiger partial charge is 0.255 e. The Morgan fingerprint density at radius 1 is 1.10 bits per heavy atom. The van der Waals surface area contributed by atoms with E-state index in [0.717, 1.165) is 12.1 Å². The number of sulfonamides is 1. The molecule has 0 bridgehead atoms. The number of amides is 1. The summed E-state index contributed by atoms with van der Waals surface area (Å²) in [5.41, 5.74) is 1.36. The minimum atomic E-state index is -3.69. The first-order chi connectivity index (χ1) is 15.0. The van der Waals surface area contributed by atoms with Crippen LogP contribution in [0.4, 0.5) is 0 Å². The van der Waals surface area contributed by atoms with E-state index in [0.29, 0.717) is 38.5 Å². The molecule has 0 atom stereocenters. The molecular weight excluding hydrogens is 414 g/mol. The fourth-order valence-corrected chi connectivity index (χ4v) is 4.93. The Bertz CT molecular complexity index is 1010. The monoisotopic (exact) mass is 443 g/mol. The molecule has 8 heteroatoms. The Balaban J connectivity index is 1.65. The summed E-state index contributed by atoms with van der Waals surface area (Å²) in [6.07, 6.45) is 4.17. The molecule has 0 spiro atoms. The van der Waals surface area contributed by atoms with Crippen LogP contribution in [0.25, 0.3) is 6.08 Å². The van der Waals surface area contributed by atoms with Gasteiger partial charge in [0.1, 0.15) is 5.75 Å². The summed E-state index contributed by atoms with van der Waals surface area (Å²) >= 11 is 0. The highest BCUT2D eigenvalue weighted by Gasteiger charge is 2.29. The van der Waals surface area contributed by atoms with E-state index in [1.165, 1.54) is 29.6 Å². The molecule has 7 nitrogen and oxygen atoms in total. The number of piperazine rings is 1. The summed E-state index contributed by atoms with van der Waals surface area (Å²) in [5, 5.41) is 2.69. The third-order valence-electron chi connectivity index (χ3n) is 5.20. The van der Waals surface area contributed by atoms with Gasteiger partial charge < -0.3 is 10.1 Å². The average Bonchev–Trinajstić information content (AvgIpc) is 2.80. The first-order valence-electron chi connectivity index (χ1n) is 10.4. The summed E-state index contributed by atoms with van der Waals surface area (Å²) in [6, 6.07) is 14.5. The van der Waals surface area contributed by atoms with Gasteiger partial charge in [-0.3, -0.25) is 9.69 Å². The fourth-order valence-electron chi connectivity index (χ4n) is 3.48. The van der Waals surface area contributed by atoms with Gasteiger partial charge in [-0.2, -0.15) is 4.31 Å². The van der Waals surface area contributed by atoms with Crippen molar-refractivity contribution >= 4 is 22.0 Å². The number of hydrogen-bond acceptors (Lipinski definition) is 5. The molecule has 1 aliphatic heterocycles. The summed E-state index contributed by atoms with van der Waals surface area (Å²) in [6.45, 7) is 5.13. The zero-order valence-corrected chi connectivity index (χ0v) is 18.8. The Kier molecular flexibility index (Phi) is 7.84. The van der Waals surface area contributed by atoms with E-state index in [1.54, 1.807) is 6.92 Å². The molecule has 0 unspecified atom stereocenters. The van der Waals surface area contributed by atoms with Crippen LogP contribution in [0.2, 0.25) is 0 Å². The number of rotatable bonds is 8. The van der Waals surface area contributed by atoms with Gasteiger partial charge >= 0.3 is 0 Å². The average molecular weight is 444 g/mol. The SMILES string of the molecule is CCNC(=O)c1cc(S(=O)(=O)N2CCN(C/C=C/c3ccccc3)CC2)ccc1OC. The zero-order valence-electron chi connectivity index (χ0n) is 18.0. The minimum absolute atomic E-state index is 0.104. The molecule has 31 heavy (non-hydrogen) atoms. The summed E-state index contributed by atoms with van der Waals surface area (Å²) in [5.74, 6) is -0.00801. The van der Waals surface area contributed by atoms with Crippen molar-refractivity contribution in [3.8, 4) is 5.75 Å². The van der Waals surface area contributed by atoms with Gasteiger partial charge in [-0.05, 0) is 30.7 Å². The molecule has 1 aliphatic rings. The predicted octanol–water partition coefficient (Wildman–Crippen LogP) is 2.46. The summed E-state index contributed by atoms with van der Waals surface area (Å²) in [7, 11) is -2.24. The van der Waals surface area contributed by atoms with Gasteiger partial charge in [0.15, 0.2) is 0 Å². The number of carbonyl (C=O) groups is 1. The van der Waals surface area contributed by atoms with Gasteiger partial charge in [0.05, 0.1) is 17.6 Å². The molecule has 1 N–H and O–H groups in total. The molecule has 0 radical (unpaired) electrons. The number of hydrogen-bond donors (Lipinski definition) is 1. The Labute approximate surface area is 184 Å². The van der Waals surface area contributed by atoms with E-state index in [2.05, 4.69) is 22.4 Å². The lowest BCUT2D eigenvalue weighted by Crippen LogP contribution is -2.48. The second-order valence-electron chi connectivity index (χ2n) is 7.24. The van der Waals surface area contributed by atoms with Crippen LogP contribution in [0.5, 0.6) is 5.75 Å². The van der Waals surface area contributed by atoms with Crippen molar-refractivity contribution in [2.75, 3.05) is 46.4 Å². The van der Waals surface area contributed by atoms with E-state index in [4.69, 9.17) is 4.74 Å². The topological polar surface area (TPSA) is 79.0 Å². The minimum Gasteiger partial charge on any atom is -0.496 e. The summed E-state index contributed by atoms with van der Waals surface area (Å²) < 4.78 is 33.0. The molecule has 0 saturated carbocycles. The lowest BCUT2D eigenvalue weighted by Gasteiger charge is -2.33. The molecule has 1 amide bonds. The molecule has 1 heterocycles. The fraction of sp³-hybridized carbons (Fsp3) is 0.348. The number of nitrogens with zero attached hydrogens (tertiary/aromatic N) is 2. The quantitative estimate of drug-likeness (QED) is 0.678. The first kappa shape index (κ1) is 23.0. The largest absolute Gasteiger partial charge is 0.496 e. The van der Waals surface area contributed by atoms with Crippen molar-refractivity contribution < 1.29 is 17.9 Å². The molecule has 1 saturated heterocycles. The van der Waals surface area contributed by atoms with E-state index in [1.807, 2.05) is 30.3 Å². The standard InChI is InChI=1S/C23H29N3O4S/c1-3-24-23(27)21-18-20(11-12-22(21)30-2)31(28,29)26-16-14-25(15-17-26)13-7-10-19-8-5-4-6-9-19/h4-12,18H,3,13-17H2,1-2H3,(H,24,27)/b10-7+. The highest BCUT2D eigenvalue weighted by atomic mass is 32.2. The number of carbonyl (C=O) groups excluding carboxylic acids is 1. The van der Waals surface area contributed by atoms with Gasteiger partial charge in [-0.25, -0.2) is 8.42 Å². The van der Waals surface area contributed by atoms with E-state index in [9.17, 15) is 13.2 Å². The zero-order chi connectivity index (χ0) is 22.3. The molecule has 0 aliphatic carbocycles. The molecule has 0 aromatic heterocycles. The second-order valence-corrected chi connectivity index (χ2v) is 9.18. The van der Waals surface area contributed by atoms with E-state index < -0.39 is 10.0 Å². The lowest BCUT2D eigenvalue weighted by atomic mass is 10.2. The molecule has 3 rings (SSSR count). The highest BCUT2D eigenvalue weighted by molar-refractivity contribution is 7.89. The lowest BCUT2D eigenvalue weighted by molar-refractivity contribution is 0.0952. The molecular formula is C23H29N3O4S. The molecule has 166 valence electrons. The maximum absolute atomic E-state index is 13.1. The maximum atomic E-state index is 13.1. The van der Waals surface area contributed by atoms with Gasteiger partial charge in [0.2, 0.25) is 10.0 Å². The normalized spacial score (nSPS) is 15.8. The van der Waals surface area contributed by atoms with Crippen LogP contribution >= 0.6 is 0 Å². The second kappa shape index (κ2) is 10.6. The first-order valence-corrected chi connectivity index (χ1v) is 11.8. The van der Waals surface area contributed by atoms with Crippen molar-refractivity contribution in [3.63, 3.8) is 0 Å². The Morgan fingerprint density at radius 3 is 2.45 bits per heavy atom. The van der Waals surface area contributed by atoms with Crippen LogP contribution in [-0.2, 0) is 10.0 Å². The van der Waals surface area contributed by atoms with E-state index >= 15 is 0 Å². The van der Waals surface area contributed by atoms with Crippen LogP contribution in [0, 0.1) is 0 Å². The Hall–Kier alpha value is -2.68. The third-order valence-corrected chi connectivity index (χ3v) is 7.09. The van der Waals surface area contributed by atoms with Gasteiger partial charge in [0, 0.05) is 39.3 Å². The number of nitrogens with one attached hydrogen (secondary N) is 1. The molecule has 2 aromatic carbocycles. The van der Waals surface area contributed by atoms with Crippen LogP contribution in [-0.4, -0.2) is 69.9 Å². The maximum Gasteiger partial charge on any atom is 0.255 e. The van der Waals surface area contributed by atoms with Crippen molar-refractivity contribution in [1.82, 2.24) is 14.5 Å². The van der Waals surface area contributed by atoms with Gasteiger partial charge in [-0.15, -0.1) is 0 Å². The predicted molar refractivity (Wildman–Crippen MR) is 122 cm³/mol. The van der Waals surface area contributed by atoms with Gasteiger partial charge in [0.25, 0.3) is 5.91 Å². The van der Waals surface area contributed by atoms with Crippen LogP contribution < -0.4 is 10.1 Å². The van der Waals surface area contributed by atoms with E-state index in [-0.39, 0.29) is 16.4 Å². The highest BCUT2D eigenvalue weighted by Crippen LogP contribution is 2.25. The van der Waals surface area contributed by atoms with Crippen LogP contribution in [0.15, 0.2) is 59.5 Å². The van der Waals surface area contributed by atoms with Gasteiger partial charge in [-0.1, -0.05) is 42.5 Å². The van der Waals surface area contributed by atoms with Crippen molar-refractivity contribution in [2.45, 2.75) is 11.8 Å². The third kappa shape index (κ3) is 5.72. The molecule has 1 fully saturated rings. The summed E-state index contributed by atoms with van der Waals surface area (Å²) in [4.78, 5) is 14.6. The number of ether oxygens (including phenoxy) is 1. The van der Waals surface area contributed by atoms with Crippen molar-refractivity contribution in [2.24, 2.45) is 0 Å². The van der Waals surface area contributed by atoms with Crippen molar-refractivity contribution in [3.05, 3.63) is 65.7 Å². The Morgan fingerprint density at radius 2 is 1.81 bits per heavy atom. The van der Waals surface area contributed by atoms with Crippen LogP contribution in [0.3, 0.4) is 0 Å².